The molecule has 0 unspecified atom stereocenters. The summed E-state index contributed by atoms with van der Waals surface area (Å²) in [7, 11) is 0. The summed E-state index contributed by atoms with van der Waals surface area (Å²) in [6.07, 6.45) is 2.50. The minimum atomic E-state index is -0.410. The zero-order valence-electron chi connectivity index (χ0n) is 13.5. The number of esters is 1. The molecule has 1 fully saturated rings. The van der Waals surface area contributed by atoms with Gasteiger partial charge in [0, 0.05) is 6.42 Å². The Balaban J connectivity index is 1.62. The lowest BCUT2D eigenvalue weighted by Gasteiger charge is -2.07. The molecule has 1 N–H and O–H groups in total. The van der Waals surface area contributed by atoms with Crippen LogP contribution in [0, 0.1) is 0 Å². The van der Waals surface area contributed by atoms with Crippen LogP contribution in [-0.4, -0.2) is 17.1 Å². The summed E-state index contributed by atoms with van der Waals surface area (Å²) < 4.78 is 5.98. The Morgan fingerprint density at radius 1 is 1.15 bits per heavy atom. The fourth-order valence-corrected chi connectivity index (χ4v) is 3.49. The van der Waals surface area contributed by atoms with E-state index in [4.69, 9.17) is 4.74 Å². The number of halogens is 1. The summed E-state index contributed by atoms with van der Waals surface area (Å²) in [4.78, 5) is 35.1. The lowest BCUT2D eigenvalue weighted by atomic mass is 10.1. The molecule has 0 aromatic heterocycles. The van der Waals surface area contributed by atoms with Crippen molar-refractivity contribution in [2.24, 2.45) is 0 Å². The summed E-state index contributed by atoms with van der Waals surface area (Å²) in [5.41, 5.74) is 1.79. The van der Waals surface area contributed by atoms with Crippen LogP contribution in [0.25, 0.3) is 6.08 Å². The van der Waals surface area contributed by atoms with Crippen LogP contribution in [0.3, 0.4) is 0 Å². The number of benzene rings is 2. The van der Waals surface area contributed by atoms with Crippen LogP contribution in [0.15, 0.2) is 57.9 Å². The predicted molar refractivity (Wildman–Crippen MR) is 104 cm³/mol. The number of nitrogens with one attached hydrogen (secondary N) is 1. The maximum atomic E-state index is 12.0. The van der Waals surface area contributed by atoms with Crippen molar-refractivity contribution >= 4 is 50.9 Å². The largest absolute Gasteiger partial charge is 0.425 e. The van der Waals surface area contributed by atoms with Crippen molar-refractivity contribution in [2.45, 2.75) is 12.8 Å². The van der Waals surface area contributed by atoms with E-state index in [0.717, 1.165) is 17.3 Å². The fourth-order valence-electron chi connectivity index (χ4n) is 2.33. The first-order valence-electron chi connectivity index (χ1n) is 7.80. The van der Waals surface area contributed by atoms with Crippen LogP contribution in [0.2, 0.25) is 0 Å². The van der Waals surface area contributed by atoms with Gasteiger partial charge < -0.3 is 4.74 Å². The highest BCUT2D eigenvalue weighted by molar-refractivity contribution is 9.10. The molecule has 1 aliphatic rings. The maximum absolute atomic E-state index is 12.0. The van der Waals surface area contributed by atoms with E-state index < -0.39 is 5.91 Å². The van der Waals surface area contributed by atoms with Crippen molar-refractivity contribution in [1.82, 2.24) is 5.32 Å². The highest BCUT2D eigenvalue weighted by atomic mass is 79.9. The van der Waals surface area contributed by atoms with Crippen molar-refractivity contribution in [3.63, 3.8) is 0 Å². The number of amides is 2. The standard InChI is InChI=1S/C19H14BrNO4S/c20-14-10-13(11-16-18(23)21-19(24)26-16)6-8-15(14)25-17(22)9-7-12-4-2-1-3-5-12/h1-6,8,10-11H,7,9H2,(H,21,23,24). The van der Waals surface area contributed by atoms with Crippen molar-refractivity contribution in [3.05, 3.63) is 69.0 Å². The topological polar surface area (TPSA) is 72.5 Å². The van der Waals surface area contributed by atoms with Gasteiger partial charge in [0.05, 0.1) is 9.38 Å². The second-order valence-corrected chi connectivity index (χ2v) is 7.37. The third-order valence-corrected chi connectivity index (χ3v) is 5.01. The molecule has 5 nitrogen and oxygen atoms in total. The van der Waals surface area contributed by atoms with Gasteiger partial charge in [0.1, 0.15) is 5.75 Å². The number of imide groups is 1. The molecule has 0 radical (unpaired) electrons. The Bertz CT molecular complexity index is 896. The highest BCUT2D eigenvalue weighted by Gasteiger charge is 2.25. The minimum absolute atomic E-state index is 0.279. The quantitative estimate of drug-likeness (QED) is 0.433. The van der Waals surface area contributed by atoms with Crippen LogP contribution in [0.5, 0.6) is 5.75 Å². The number of rotatable bonds is 5. The molecule has 2 aromatic carbocycles. The van der Waals surface area contributed by atoms with Crippen LogP contribution in [0.4, 0.5) is 4.79 Å². The van der Waals surface area contributed by atoms with Crippen LogP contribution >= 0.6 is 27.7 Å². The van der Waals surface area contributed by atoms with Gasteiger partial charge in [0.2, 0.25) is 0 Å². The first kappa shape index (κ1) is 18.4. The maximum Gasteiger partial charge on any atom is 0.311 e. The monoisotopic (exact) mass is 431 g/mol. The number of carbonyl (C=O) groups excluding carboxylic acids is 3. The normalized spacial score (nSPS) is 15.2. The molecular formula is C19H14BrNO4S. The number of hydrogen-bond acceptors (Lipinski definition) is 5. The summed E-state index contributed by atoms with van der Waals surface area (Å²) in [6.45, 7) is 0. The first-order chi connectivity index (χ1) is 12.5. The molecule has 1 aliphatic heterocycles. The van der Waals surface area contributed by atoms with Crippen molar-refractivity contribution < 1.29 is 19.1 Å². The van der Waals surface area contributed by atoms with Crippen molar-refractivity contribution in [2.75, 3.05) is 0 Å². The van der Waals surface area contributed by atoms with Gasteiger partial charge in [0.25, 0.3) is 11.1 Å². The molecule has 2 aromatic rings. The third-order valence-electron chi connectivity index (χ3n) is 3.58. The number of carbonyl (C=O) groups is 3. The number of ether oxygens (including phenoxy) is 1. The summed E-state index contributed by atoms with van der Waals surface area (Å²) in [6, 6.07) is 14.8. The second-order valence-electron chi connectivity index (χ2n) is 5.50. The Hall–Kier alpha value is -2.38. The lowest BCUT2D eigenvalue weighted by Crippen LogP contribution is -2.17. The molecule has 0 atom stereocenters. The highest BCUT2D eigenvalue weighted by Crippen LogP contribution is 2.30. The van der Waals surface area contributed by atoms with E-state index in [1.807, 2.05) is 30.3 Å². The van der Waals surface area contributed by atoms with E-state index in [0.29, 0.717) is 27.1 Å². The molecular weight excluding hydrogens is 418 g/mol. The molecule has 7 heteroatoms. The van der Waals surface area contributed by atoms with E-state index in [2.05, 4.69) is 21.2 Å². The van der Waals surface area contributed by atoms with Gasteiger partial charge in [-0.2, -0.15) is 0 Å². The van der Waals surface area contributed by atoms with Gasteiger partial charge >= 0.3 is 5.97 Å². The molecule has 1 heterocycles. The third kappa shape index (κ3) is 4.83. The van der Waals surface area contributed by atoms with E-state index in [1.165, 1.54) is 0 Å². The second kappa shape index (κ2) is 8.33. The molecule has 132 valence electrons. The Morgan fingerprint density at radius 3 is 2.58 bits per heavy atom. The number of thioether (sulfide) groups is 1. The molecule has 2 amide bonds. The molecule has 26 heavy (non-hydrogen) atoms. The Morgan fingerprint density at radius 2 is 1.92 bits per heavy atom. The minimum Gasteiger partial charge on any atom is -0.425 e. The van der Waals surface area contributed by atoms with E-state index >= 15 is 0 Å². The zero-order valence-corrected chi connectivity index (χ0v) is 15.9. The average Bonchev–Trinajstić information content (AvgIpc) is 2.93. The average molecular weight is 432 g/mol. The van der Waals surface area contributed by atoms with Gasteiger partial charge in [-0.1, -0.05) is 36.4 Å². The Labute approximate surface area is 162 Å². The van der Waals surface area contributed by atoms with Crippen LogP contribution in [-0.2, 0) is 16.0 Å². The van der Waals surface area contributed by atoms with E-state index in [9.17, 15) is 14.4 Å². The van der Waals surface area contributed by atoms with Gasteiger partial charge in [-0.3, -0.25) is 19.7 Å². The SMILES string of the molecule is O=C(CCc1ccccc1)Oc1ccc(C=C2SC(=O)NC2=O)cc1Br. The Kier molecular flexibility index (Phi) is 5.90. The summed E-state index contributed by atoms with van der Waals surface area (Å²) >= 11 is 4.22. The van der Waals surface area contributed by atoms with Gasteiger partial charge in [-0.15, -0.1) is 0 Å². The molecule has 0 spiro atoms. The molecule has 1 saturated heterocycles. The van der Waals surface area contributed by atoms with Crippen LogP contribution in [0.1, 0.15) is 17.5 Å². The molecule has 0 bridgehead atoms. The summed E-state index contributed by atoms with van der Waals surface area (Å²) in [5.74, 6) is -0.325. The molecule has 3 rings (SSSR count). The predicted octanol–water partition coefficient (Wildman–Crippen LogP) is 4.31. The van der Waals surface area contributed by atoms with E-state index in [-0.39, 0.29) is 17.6 Å². The van der Waals surface area contributed by atoms with Crippen molar-refractivity contribution in [3.8, 4) is 5.75 Å². The summed E-state index contributed by atoms with van der Waals surface area (Å²) in [5, 5.41) is 1.82. The van der Waals surface area contributed by atoms with Gasteiger partial charge in [0.15, 0.2) is 0 Å². The first-order valence-corrected chi connectivity index (χ1v) is 9.41. The zero-order chi connectivity index (χ0) is 18.5. The number of aryl methyl sites for hydroxylation is 1. The van der Waals surface area contributed by atoms with E-state index in [1.54, 1.807) is 24.3 Å². The fraction of sp³-hybridized carbons (Fsp3) is 0.105. The number of hydrogen-bond donors (Lipinski definition) is 1. The molecule has 0 aliphatic carbocycles. The van der Waals surface area contributed by atoms with Gasteiger partial charge in [-0.25, -0.2) is 0 Å². The van der Waals surface area contributed by atoms with Crippen molar-refractivity contribution in [1.29, 1.82) is 0 Å². The molecule has 0 saturated carbocycles. The lowest BCUT2D eigenvalue weighted by molar-refractivity contribution is -0.134. The van der Waals surface area contributed by atoms with Gasteiger partial charge in [-0.05, 0) is 63.4 Å². The van der Waals surface area contributed by atoms with Crippen LogP contribution < -0.4 is 10.1 Å². The smallest absolute Gasteiger partial charge is 0.311 e.